The summed E-state index contributed by atoms with van der Waals surface area (Å²) in [4.78, 5) is 30.2. The number of carbonyl (C=O) groups is 1. The van der Waals surface area contributed by atoms with Gasteiger partial charge in [0.2, 0.25) is 5.91 Å². The average Bonchev–Trinajstić information content (AvgIpc) is 2.92. The molecule has 3 aliphatic heterocycles. The van der Waals surface area contributed by atoms with E-state index >= 15 is 0 Å². The monoisotopic (exact) mass is 425 g/mol. The molecule has 0 aliphatic carbocycles. The fraction of sp³-hybridized carbons (Fsp3) is 0.455. The van der Waals surface area contributed by atoms with Crippen LogP contribution in [0.25, 0.3) is 17.1 Å². The topological polar surface area (TPSA) is 81.8 Å². The highest BCUT2D eigenvalue weighted by molar-refractivity contribution is 7.99. The van der Waals surface area contributed by atoms with Crippen molar-refractivity contribution in [3.05, 3.63) is 46.4 Å². The number of para-hydroxylation sites is 1. The molecule has 1 N–H and O–H groups in total. The van der Waals surface area contributed by atoms with E-state index < -0.39 is 0 Å². The van der Waals surface area contributed by atoms with E-state index in [1.54, 1.807) is 0 Å². The molecule has 8 heteroatoms. The van der Waals surface area contributed by atoms with Crippen LogP contribution in [0.5, 0.6) is 0 Å². The van der Waals surface area contributed by atoms with Crippen molar-refractivity contribution in [1.82, 2.24) is 24.6 Å². The molecule has 1 aromatic carbocycles. The number of fused-ring (bicyclic) bond motifs is 3. The number of carbonyl (C=O) groups excluding carboxylic acids is 1. The molecule has 30 heavy (non-hydrogen) atoms. The third kappa shape index (κ3) is 4.14. The first-order valence-electron chi connectivity index (χ1n) is 10.6. The normalized spacial score (nSPS) is 14.9. The van der Waals surface area contributed by atoms with E-state index in [1.165, 1.54) is 16.4 Å². The zero-order chi connectivity index (χ0) is 21.1. The van der Waals surface area contributed by atoms with E-state index in [4.69, 9.17) is 4.98 Å². The molecule has 158 valence electrons. The number of nitrogens with zero attached hydrogens (tertiary/aromatic N) is 4. The molecule has 1 aromatic rings. The molecule has 1 atom stereocenters. The summed E-state index contributed by atoms with van der Waals surface area (Å²) in [7, 11) is 0. The predicted molar refractivity (Wildman–Crippen MR) is 118 cm³/mol. The minimum atomic E-state index is -0.125. The van der Waals surface area contributed by atoms with E-state index in [0.717, 1.165) is 55.2 Å². The van der Waals surface area contributed by atoms with Gasteiger partial charge in [-0.05, 0) is 44.7 Å². The van der Waals surface area contributed by atoms with E-state index in [9.17, 15) is 9.59 Å². The molecule has 3 aliphatic rings. The van der Waals surface area contributed by atoms with Gasteiger partial charge in [0.1, 0.15) is 5.56 Å². The van der Waals surface area contributed by atoms with Crippen LogP contribution >= 0.6 is 11.8 Å². The van der Waals surface area contributed by atoms with Crippen molar-refractivity contribution in [2.24, 2.45) is 0 Å². The molecule has 0 radical (unpaired) electrons. The molecule has 7 nitrogen and oxygen atoms in total. The van der Waals surface area contributed by atoms with Crippen molar-refractivity contribution in [2.45, 2.75) is 63.7 Å². The molecule has 0 saturated carbocycles. The second-order valence-electron chi connectivity index (χ2n) is 7.72. The van der Waals surface area contributed by atoms with E-state index in [0.29, 0.717) is 17.1 Å². The molecule has 3 heterocycles. The average molecular weight is 426 g/mol. The number of hydrogen-bond donors (Lipinski definition) is 1. The van der Waals surface area contributed by atoms with E-state index in [2.05, 4.69) is 15.0 Å². The van der Waals surface area contributed by atoms with Crippen LogP contribution in [0.15, 0.2) is 40.3 Å². The largest absolute Gasteiger partial charge is 0.353 e. The summed E-state index contributed by atoms with van der Waals surface area (Å²) in [5, 5.41) is 8.29. The number of benzene rings is 1. The van der Waals surface area contributed by atoms with Gasteiger partial charge in [-0.15, -0.1) is 5.10 Å². The Labute approximate surface area is 180 Å². The summed E-state index contributed by atoms with van der Waals surface area (Å²) in [5.41, 5.74) is 2.21. The Balaban J connectivity index is 1.74. The van der Waals surface area contributed by atoms with Gasteiger partial charge in [-0.1, -0.05) is 43.3 Å². The second kappa shape index (κ2) is 9.04. The third-order valence-corrected chi connectivity index (χ3v) is 6.50. The zero-order valence-electron chi connectivity index (χ0n) is 17.4. The maximum atomic E-state index is 13.2. The van der Waals surface area contributed by atoms with Crippen molar-refractivity contribution < 1.29 is 4.79 Å². The van der Waals surface area contributed by atoms with Crippen molar-refractivity contribution in [3.63, 3.8) is 0 Å². The van der Waals surface area contributed by atoms with Crippen LogP contribution in [-0.2, 0) is 17.8 Å². The van der Waals surface area contributed by atoms with Gasteiger partial charge in [-0.3, -0.25) is 9.59 Å². The van der Waals surface area contributed by atoms with Gasteiger partial charge in [-0.2, -0.15) is 4.68 Å². The number of hydrogen-bond acceptors (Lipinski definition) is 5. The van der Waals surface area contributed by atoms with Crippen molar-refractivity contribution >= 4 is 17.7 Å². The fourth-order valence-corrected chi connectivity index (χ4v) is 4.61. The van der Waals surface area contributed by atoms with Gasteiger partial charge >= 0.3 is 0 Å². The highest BCUT2D eigenvalue weighted by atomic mass is 32.2. The van der Waals surface area contributed by atoms with Crippen LogP contribution in [0.3, 0.4) is 0 Å². The number of nitrogens with one attached hydrogen (secondary N) is 1. The summed E-state index contributed by atoms with van der Waals surface area (Å²) in [5.74, 6) is 0.756. The number of thioether (sulfide) groups is 1. The van der Waals surface area contributed by atoms with Gasteiger partial charge in [0.05, 0.1) is 11.4 Å². The quantitative estimate of drug-likeness (QED) is 0.484. The van der Waals surface area contributed by atoms with Crippen LogP contribution < -0.4 is 10.9 Å². The third-order valence-electron chi connectivity index (χ3n) is 5.52. The Hall–Kier alpha value is -2.61. The smallest absolute Gasteiger partial charge is 0.284 e. The Morgan fingerprint density at radius 1 is 1.23 bits per heavy atom. The van der Waals surface area contributed by atoms with Crippen molar-refractivity contribution in [1.29, 1.82) is 0 Å². The molecule has 1 unspecified atom stereocenters. The second-order valence-corrected chi connectivity index (χ2v) is 8.66. The number of rotatable bonds is 6. The minimum Gasteiger partial charge on any atom is -0.353 e. The van der Waals surface area contributed by atoms with Crippen LogP contribution in [0.4, 0.5) is 0 Å². The first-order chi connectivity index (χ1) is 14.6. The first-order valence-corrected chi connectivity index (χ1v) is 11.6. The fourth-order valence-electron chi connectivity index (χ4n) is 3.76. The summed E-state index contributed by atoms with van der Waals surface area (Å²) < 4.78 is 3.57. The molecule has 4 rings (SSSR count). The van der Waals surface area contributed by atoms with Crippen LogP contribution in [0.1, 0.15) is 45.2 Å². The molecule has 0 fully saturated rings. The lowest BCUT2D eigenvalue weighted by Gasteiger charge is -2.18. The summed E-state index contributed by atoms with van der Waals surface area (Å²) in [6, 6.07) is 9.59. The van der Waals surface area contributed by atoms with E-state index in [-0.39, 0.29) is 17.5 Å². The maximum Gasteiger partial charge on any atom is 0.284 e. The molecule has 1 amide bonds. The highest BCUT2D eigenvalue weighted by Crippen LogP contribution is 2.30. The van der Waals surface area contributed by atoms with Crippen molar-refractivity contribution in [3.8, 4) is 17.1 Å². The summed E-state index contributed by atoms with van der Waals surface area (Å²) in [6.45, 7) is 4.86. The SMILES string of the molecule is CCC(C)NC(=O)CSc1nc2nn(-c3ccccc3)c(=O)c-2c2n1CCCCC2. The van der Waals surface area contributed by atoms with Crippen LogP contribution in [0.2, 0.25) is 0 Å². The maximum absolute atomic E-state index is 13.2. The number of amides is 1. The molecule has 0 aromatic heterocycles. The lowest BCUT2D eigenvalue weighted by atomic mass is 10.1. The summed E-state index contributed by atoms with van der Waals surface area (Å²) >= 11 is 1.42. The number of aromatic nitrogens is 4. The van der Waals surface area contributed by atoms with Gasteiger partial charge in [-0.25, -0.2) is 4.98 Å². The minimum absolute atomic E-state index is 0.00134. The Bertz CT molecular complexity index is 1060. The highest BCUT2D eigenvalue weighted by Gasteiger charge is 2.27. The Kier molecular flexibility index (Phi) is 6.22. The molecule has 0 saturated heterocycles. The lowest BCUT2D eigenvalue weighted by molar-refractivity contribution is -0.119. The van der Waals surface area contributed by atoms with Gasteiger partial charge < -0.3 is 9.88 Å². The van der Waals surface area contributed by atoms with E-state index in [1.807, 2.05) is 44.2 Å². The molecule has 0 bridgehead atoms. The first kappa shape index (κ1) is 20.7. The molecular formula is C22H27N5O2S. The standard InChI is InChI=1S/C22H27N5O2S/c1-3-15(2)23-18(28)14-30-22-24-20-19(17-12-8-5-9-13-26(17)22)21(29)27(25-20)16-10-6-4-7-11-16/h4,6-7,10-11,15H,3,5,8-9,12-14H2,1-2H3,(H,23,28). The lowest BCUT2D eigenvalue weighted by Crippen LogP contribution is -2.33. The Morgan fingerprint density at radius 2 is 2.03 bits per heavy atom. The van der Waals surface area contributed by atoms with Gasteiger partial charge in [0.25, 0.3) is 5.56 Å². The Morgan fingerprint density at radius 3 is 2.80 bits per heavy atom. The summed E-state index contributed by atoms with van der Waals surface area (Å²) in [6.07, 6.45) is 4.91. The predicted octanol–water partition coefficient (Wildman–Crippen LogP) is 3.27. The zero-order valence-corrected chi connectivity index (χ0v) is 18.2. The van der Waals surface area contributed by atoms with Gasteiger partial charge in [0, 0.05) is 18.3 Å². The molecule has 0 spiro atoms. The molecular weight excluding hydrogens is 398 g/mol. The van der Waals surface area contributed by atoms with Crippen LogP contribution in [-0.4, -0.2) is 37.0 Å². The van der Waals surface area contributed by atoms with Crippen LogP contribution in [0, 0.1) is 0 Å². The van der Waals surface area contributed by atoms with Crippen molar-refractivity contribution in [2.75, 3.05) is 5.75 Å². The van der Waals surface area contributed by atoms with Gasteiger partial charge in [0.15, 0.2) is 11.0 Å².